The predicted molar refractivity (Wildman–Crippen MR) is 83.0 cm³/mol. The second kappa shape index (κ2) is 8.59. The second-order valence-electron chi connectivity index (χ2n) is 6.62. The van der Waals surface area contributed by atoms with Crippen LogP contribution >= 0.6 is 0 Å². The molecule has 26 heavy (non-hydrogen) atoms. The van der Waals surface area contributed by atoms with Crippen LogP contribution in [0.4, 0.5) is 0 Å². The molecule has 0 aliphatic carbocycles. The van der Waals surface area contributed by atoms with Gasteiger partial charge < -0.3 is 39.7 Å². The van der Waals surface area contributed by atoms with Crippen molar-refractivity contribution in [3.8, 4) is 0 Å². The van der Waals surface area contributed by atoms with E-state index >= 15 is 0 Å². The lowest BCUT2D eigenvalue weighted by molar-refractivity contribution is -0.511. The summed E-state index contributed by atoms with van der Waals surface area (Å²) in [5, 5.41) is 50.5. The molecule has 2 aliphatic rings. The van der Waals surface area contributed by atoms with E-state index in [9.17, 15) is 35.1 Å². The van der Waals surface area contributed by atoms with Crippen LogP contribution in [0.2, 0.25) is 0 Å². The van der Waals surface area contributed by atoms with E-state index in [4.69, 9.17) is 14.2 Å². The summed E-state index contributed by atoms with van der Waals surface area (Å²) in [6.07, 6.45) is -1.85. The zero-order valence-electron chi connectivity index (χ0n) is 14.4. The van der Waals surface area contributed by atoms with Gasteiger partial charge in [0, 0.05) is 12.8 Å². The molecule has 0 aromatic heterocycles. The molecule has 5 N–H and O–H groups in total. The van der Waals surface area contributed by atoms with E-state index in [1.807, 2.05) is 0 Å². The van der Waals surface area contributed by atoms with Crippen LogP contribution in [0.5, 0.6) is 0 Å². The van der Waals surface area contributed by atoms with Crippen molar-refractivity contribution >= 4 is 11.9 Å². The molecule has 0 saturated carbocycles. The molecule has 0 radical (unpaired) electrons. The Hall–Kier alpha value is -1.30. The van der Waals surface area contributed by atoms with E-state index in [0.29, 0.717) is 12.8 Å². The number of carbonyl (C=O) groups is 2. The van der Waals surface area contributed by atoms with E-state index in [1.54, 1.807) is 0 Å². The monoisotopic (exact) mass is 378 g/mol. The normalized spacial score (nSPS) is 40.7. The minimum atomic E-state index is -3.28. The van der Waals surface area contributed by atoms with E-state index < -0.39 is 48.6 Å². The zero-order valence-corrected chi connectivity index (χ0v) is 14.4. The first-order chi connectivity index (χ1) is 12.2. The van der Waals surface area contributed by atoms with Gasteiger partial charge in [0.05, 0.1) is 6.61 Å². The van der Waals surface area contributed by atoms with E-state index in [0.717, 1.165) is 25.7 Å². The van der Waals surface area contributed by atoms with Crippen LogP contribution in [0.1, 0.15) is 51.4 Å². The number of hydrogen-bond donors (Lipinski definition) is 5. The summed E-state index contributed by atoms with van der Waals surface area (Å²) >= 11 is 0. The van der Waals surface area contributed by atoms with Crippen molar-refractivity contribution in [2.24, 2.45) is 0 Å². The first-order valence-corrected chi connectivity index (χ1v) is 8.77. The molecule has 10 nitrogen and oxygen atoms in total. The fourth-order valence-electron chi connectivity index (χ4n) is 3.02. The van der Waals surface area contributed by atoms with Gasteiger partial charge in [-0.1, -0.05) is 25.7 Å². The Morgan fingerprint density at radius 1 is 0.885 bits per heavy atom. The minimum Gasteiger partial charge on any atom is -0.420 e. The number of carbonyl (C=O) groups excluding carboxylic acids is 2. The molecule has 5 atom stereocenters. The second-order valence-corrected chi connectivity index (χ2v) is 6.62. The molecule has 0 amide bonds. The zero-order chi connectivity index (χ0) is 19.4. The van der Waals surface area contributed by atoms with Crippen LogP contribution < -0.4 is 0 Å². The van der Waals surface area contributed by atoms with Crippen LogP contribution in [0.25, 0.3) is 0 Å². The molecule has 2 saturated heterocycles. The minimum absolute atomic E-state index is 0.0991. The Morgan fingerprint density at radius 2 is 1.38 bits per heavy atom. The number of aliphatic hydroxyl groups is 5. The van der Waals surface area contributed by atoms with Gasteiger partial charge in [-0.3, -0.25) is 9.59 Å². The van der Waals surface area contributed by atoms with Gasteiger partial charge in [0.2, 0.25) is 0 Å². The molecule has 150 valence electrons. The molecule has 0 spiro atoms. The Morgan fingerprint density at radius 3 is 1.92 bits per heavy atom. The molecule has 2 fully saturated rings. The summed E-state index contributed by atoms with van der Waals surface area (Å²) in [6, 6.07) is 0. The van der Waals surface area contributed by atoms with Gasteiger partial charge in [-0.25, -0.2) is 0 Å². The van der Waals surface area contributed by atoms with Crippen molar-refractivity contribution in [1.82, 2.24) is 0 Å². The van der Waals surface area contributed by atoms with Gasteiger partial charge in [-0.2, -0.15) is 0 Å². The fraction of sp³-hybridized carbons (Fsp3) is 0.875. The van der Waals surface area contributed by atoms with Crippen molar-refractivity contribution in [2.45, 2.75) is 81.4 Å². The molecule has 2 aliphatic heterocycles. The van der Waals surface area contributed by atoms with Crippen molar-refractivity contribution < 1.29 is 49.3 Å². The Bertz CT molecular complexity index is 511. The largest absolute Gasteiger partial charge is 0.420 e. The van der Waals surface area contributed by atoms with Gasteiger partial charge >= 0.3 is 23.7 Å². The van der Waals surface area contributed by atoms with Gasteiger partial charge in [-0.15, -0.1) is 0 Å². The average molecular weight is 378 g/mol. The quantitative estimate of drug-likeness (QED) is 0.345. The summed E-state index contributed by atoms with van der Waals surface area (Å²) in [6.45, 7) is -0.859. The van der Waals surface area contributed by atoms with Gasteiger partial charge in [-0.05, 0) is 12.8 Å². The summed E-state index contributed by atoms with van der Waals surface area (Å²) in [7, 11) is 0. The number of hydrogen-bond acceptors (Lipinski definition) is 10. The van der Waals surface area contributed by atoms with Crippen LogP contribution in [0.3, 0.4) is 0 Å². The molecule has 0 aromatic rings. The molecular weight excluding hydrogens is 352 g/mol. The van der Waals surface area contributed by atoms with Crippen LogP contribution in [-0.2, 0) is 23.8 Å². The summed E-state index contributed by atoms with van der Waals surface area (Å²) in [4.78, 5) is 24.0. The highest BCUT2D eigenvalue weighted by Gasteiger charge is 2.70. The fourth-order valence-corrected chi connectivity index (χ4v) is 3.02. The maximum Gasteiger partial charge on any atom is 0.399 e. The predicted octanol–water partition coefficient (Wildman–Crippen LogP) is -1.35. The van der Waals surface area contributed by atoms with Gasteiger partial charge in [0.15, 0.2) is 6.10 Å². The number of esters is 2. The maximum absolute atomic E-state index is 12.0. The lowest BCUT2D eigenvalue weighted by Gasteiger charge is -2.49. The van der Waals surface area contributed by atoms with Crippen molar-refractivity contribution in [2.75, 3.05) is 6.61 Å². The first-order valence-electron chi connectivity index (χ1n) is 8.77. The van der Waals surface area contributed by atoms with Crippen LogP contribution in [-0.4, -0.2) is 74.2 Å². The number of rotatable bonds is 1. The average Bonchev–Trinajstić information content (AvgIpc) is 2.58. The van der Waals surface area contributed by atoms with Gasteiger partial charge in [0.25, 0.3) is 0 Å². The standard InChI is InChI=1S/C16H26O10/c17-9-10-13(20)14(21)15(22)16(23,24-10)26-12(19)8-6-4-2-1-3-5-7-11(18)25-15/h10,13-14,17,20-23H,1-9H2/t10-,13-,14+,15-,16?/m1/s1. The lowest BCUT2D eigenvalue weighted by Crippen LogP contribution is -2.75. The lowest BCUT2D eigenvalue weighted by atomic mass is 9.94. The van der Waals surface area contributed by atoms with Crippen molar-refractivity contribution in [3.63, 3.8) is 0 Å². The number of fused-ring (bicyclic) bond motifs is 1. The summed E-state index contributed by atoms with van der Waals surface area (Å²) in [5.74, 6) is -8.47. The molecule has 2 heterocycles. The highest BCUT2D eigenvalue weighted by molar-refractivity contribution is 5.71. The van der Waals surface area contributed by atoms with Crippen molar-refractivity contribution in [3.05, 3.63) is 0 Å². The van der Waals surface area contributed by atoms with E-state index in [2.05, 4.69) is 0 Å². The summed E-state index contributed by atoms with van der Waals surface area (Å²) < 4.78 is 14.5. The van der Waals surface area contributed by atoms with Crippen molar-refractivity contribution in [1.29, 1.82) is 0 Å². The van der Waals surface area contributed by atoms with Gasteiger partial charge in [0.1, 0.15) is 12.2 Å². The topological polar surface area (TPSA) is 163 Å². The molecule has 0 aromatic carbocycles. The number of ether oxygens (including phenoxy) is 3. The van der Waals surface area contributed by atoms with Crippen LogP contribution in [0.15, 0.2) is 0 Å². The molecule has 0 bridgehead atoms. The highest BCUT2D eigenvalue weighted by Crippen LogP contribution is 2.39. The third-order valence-electron chi connectivity index (χ3n) is 4.58. The van der Waals surface area contributed by atoms with E-state index in [1.165, 1.54) is 0 Å². The summed E-state index contributed by atoms with van der Waals surface area (Å²) in [5.41, 5.74) is 0. The van der Waals surface area contributed by atoms with Crippen LogP contribution in [0, 0.1) is 0 Å². The molecule has 2 rings (SSSR count). The Labute approximate surface area is 150 Å². The molecule has 10 heteroatoms. The SMILES string of the molecule is O=C1CCCCCCCCC(=O)O[C@]2(O)[C@@H](O)[C@H](O)[C@@H](CO)OC2(O)O1. The third-order valence-corrected chi connectivity index (χ3v) is 4.58. The highest BCUT2D eigenvalue weighted by atomic mass is 16.9. The Kier molecular flexibility index (Phi) is 6.94. The molecular formula is C16H26O10. The maximum atomic E-state index is 12.0. The smallest absolute Gasteiger partial charge is 0.399 e. The van der Waals surface area contributed by atoms with E-state index in [-0.39, 0.29) is 12.8 Å². The first kappa shape index (κ1) is 21.0. The Balaban J connectivity index is 2.32. The molecule has 1 unspecified atom stereocenters. The third kappa shape index (κ3) is 4.33. The number of aliphatic hydroxyl groups excluding tert-OH is 3.